The molecule has 2 nitrogen and oxygen atoms in total. The van der Waals surface area contributed by atoms with Gasteiger partial charge in [-0.1, -0.05) is 66.2 Å². The lowest BCUT2D eigenvalue weighted by atomic mass is 9.99. The minimum Gasteiger partial charge on any atom is -0.287 e. The van der Waals surface area contributed by atoms with E-state index in [1.807, 2.05) is 39.8 Å². The third kappa shape index (κ3) is 4.51. The van der Waals surface area contributed by atoms with Crippen molar-refractivity contribution in [3.63, 3.8) is 0 Å². The molecule has 3 heteroatoms. The average molecular weight is 362 g/mol. The maximum atomic E-state index is 12.7. The van der Waals surface area contributed by atoms with Gasteiger partial charge in [0.25, 0.3) is 0 Å². The standard InChI is InChI=1S/C17H18BrNO.C2H6/c1-4-13-6-7-14-9-11(2)5-8-15(14)17(20)16(13)19-10-12(3)18;1-2/h4-5,8-10,12H,1,6-7H2,2-3H3;1-2H3. The average Bonchev–Trinajstić information content (AvgIpc) is 2.63. The molecule has 1 aromatic carbocycles. The molecule has 22 heavy (non-hydrogen) atoms. The number of ketones is 1. The van der Waals surface area contributed by atoms with E-state index >= 15 is 0 Å². The summed E-state index contributed by atoms with van der Waals surface area (Å²) in [6.45, 7) is 11.8. The van der Waals surface area contributed by atoms with Crippen molar-refractivity contribution < 1.29 is 4.79 Å². The number of rotatable bonds is 3. The van der Waals surface area contributed by atoms with Crippen LogP contribution in [0.3, 0.4) is 0 Å². The van der Waals surface area contributed by atoms with Gasteiger partial charge in [-0.05, 0) is 37.8 Å². The number of hydrogen-bond donors (Lipinski definition) is 0. The second-order valence-electron chi connectivity index (χ2n) is 5.02. The number of fused-ring (bicyclic) bond motifs is 1. The molecule has 0 saturated heterocycles. The predicted octanol–water partition coefficient (Wildman–Crippen LogP) is 5.44. The summed E-state index contributed by atoms with van der Waals surface area (Å²) in [5, 5.41) is 0. The molecule has 0 spiro atoms. The summed E-state index contributed by atoms with van der Waals surface area (Å²) >= 11 is 3.41. The van der Waals surface area contributed by atoms with Crippen molar-refractivity contribution in [2.45, 2.75) is 45.4 Å². The van der Waals surface area contributed by atoms with E-state index in [0.717, 1.165) is 29.5 Å². The van der Waals surface area contributed by atoms with Crippen LogP contribution < -0.4 is 0 Å². The van der Waals surface area contributed by atoms with Gasteiger partial charge >= 0.3 is 0 Å². The number of nitrogens with zero attached hydrogens (tertiary/aromatic N) is 1. The number of halogens is 1. The summed E-state index contributed by atoms with van der Waals surface area (Å²) in [6.07, 6.45) is 5.15. The van der Waals surface area contributed by atoms with Gasteiger partial charge in [-0.15, -0.1) is 0 Å². The molecule has 0 bridgehead atoms. The molecular weight excluding hydrogens is 338 g/mol. The maximum Gasteiger partial charge on any atom is 0.211 e. The number of aliphatic imine (C=N–C) groups is 1. The Morgan fingerprint density at radius 3 is 2.59 bits per heavy atom. The van der Waals surface area contributed by atoms with Crippen molar-refractivity contribution >= 4 is 27.9 Å². The molecule has 1 atom stereocenters. The molecule has 118 valence electrons. The fourth-order valence-corrected chi connectivity index (χ4v) is 2.45. The summed E-state index contributed by atoms with van der Waals surface area (Å²) in [6, 6.07) is 5.98. The summed E-state index contributed by atoms with van der Waals surface area (Å²) in [5.74, 6) is -0.00296. The summed E-state index contributed by atoms with van der Waals surface area (Å²) in [7, 11) is 0. The van der Waals surface area contributed by atoms with Gasteiger partial charge in [0.2, 0.25) is 5.78 Å². The Morgan fingerprint density at radius 2 is 2.00 bits per heavy atom. The third-order valence-corrected chi connectivity index (χ3v) is 3.58. The van der Waals surface area contributed by atoms with Crippen LogP contribution in [0.1, 0.15) is 48.7 Å². The van der Waals surface area contributed by atoms with Crippen molar-refractivity contribution in [1.29, 1.82) is 0 Å². The van der Waals surface area contributed by atoms with E-state index in [-0.39, 0.29) is 10.6 Å². The number of benzene rings is 1. The van der Waals surface area contributed by atoms with Crippen LogP contribution in [0.2, 0.25) is 0 Å². The van der Waals surface area contributed by atoms with E-state index in [1.165, 1.54) is 5.56 Å². The van der Waals surface area contributed by atoms with Crippen LogP contribution in [0.25, 0.3) is 0 Å². The quantitative estimate of drug-likeness (QED) is 0.520. The molecular formula is C19H24BrNO. The molecule has 1 unspecified atom stereocenters. The van der Waals surface area contributed by atoms with Gasteiger partial charge in [-0.25, -0.2) is 0 Å². The molecule has 0 N–H and O–H groups in total. The predicted molar refractivity (Wildman–Crippen MR) is 99.3 cm³/mol. The van der Waals surface area contributed by atoms with Crippen LogP contribution in [0.5, 0.6) is 0 Å². The lowest BCUT2D eigenvalue weighted by Gasteiger charge is -2.06. The zero-order chi connectivity index (χ0) is 16.7. The molecule has 0 amide bonds. The molecule has 2 rings (SSSR count). The highest BCUT2D eigenvalue weighted by atomic mass is 79.9. The number of carbonyl (C=O) groups excluding carboxylic acids is 1. The largest absolute Gasteiger partial charge is 0.287 e. The summed E-state index contributed by atoms with van der Waals surface area (Å²) < 4.78 is 0. The van der Waals surface area contributed by atoms with Crippen LogP contribution in [-0.4, -0.2) is 16.8 Å². The first-order chi connectivity index (χ1) is 10.5. The highest BCUT2D eigenvalue weighted by Gasteiger charge is 2.22. The number of hydrogen-bond acceptors (Lipinski definition) is 2. The molecule has 0 heterocycles. The van der Waals surface area contributed by atoms with Gasteiger partial charge in [0.05, 0.1) is 0 Å². The van der Waals surface area contributed by atoms with Crippen LogP contribution in [0.15, 0.2) is 47.1 Å². The zero-order valence-electron chi connectivity index (χ0n) is 13.8. The van der Waals surface area contributed by atoms with Gasteiger partial charge in [0, 0.05) is 16.6 Å². The van der Waals surface area contributed by atoms with E-state index < -0.39 is 0 Å². The molecule has 1 aliphatic carbocycles. The fraction of sp³-hybridized carbons (Fsp3) is 0.368. The van der Waals surface area contributed by atoms with Gasteiger partial charge in [0.1, 0.15) is 5.70 Å². The van der Waals surface area contributed by atoms with Crippen LogP contribution in [0, 0.1) is 6.92 Å². The number of allylic oxidation sites excluding steroid dienone is 3. The van der Waals surface area contributed by atoms with Crippen LogP contribution in [0.4, 0.5) is 0 Å². The van der Waals surface area contributed by atoms with E-state index in [0.29, 0.717) is 5.70 Å². The van der Waals surface area contributed by atoms with Crippen molar-refractivity contribution in [1.82, 2.24) is 0 Å². The Bertz CT molecular complexity index is 612. The van der Waals surface area contributed by atoms with Gasteiger partial charge in [0.15, 0.2) is 0 Å². The second-order valence-corrected chi connectivity index (χ2v) is 6.47. The summed E-state index contributed by atoms with van der Waals surface area (Å²) in [5.41, 5.74) is 4.49. The van der Waals surface area contributed by atoms with Crippen molar-refractivity contribution in [3.05, 3.63) is 58.8 Å². The lowest BCUT2D eigenvalue weighted by Crippen LogP contribution is -2.06. The van der Waals surface area contributed by atoms with E-state index in [9.17, 15) is 4.79 Å². The molecule has 0 aromatic heterocycles. The van der Waals surface area contributed by atoms with E-state index in [1.54, 1.807) is 12.3 Å². The monoisotopic (exact) mass is 361 g/mol. The van der Waals surface area contributed by atoms with Crippen molar-refractivity contribution in [3.8, 4) is 0 Å². The Labute approximate surface area is 142 Å². The second kappa shape index (κ2) is 8.84. The Balaban J connectivity index is 0.00000116. The topological polar surface area (TPSA) is 29.4 Å². The smallest absolute Gasteiger partial charge is 0.211 e. The van der Waals surface area contributed by atoms with Crippen LogP contribution >= 0.6 is 15.9 Å². The first kappa shape index (κ1) is 18.6. The minimum atomic E-state index is -0.00296. The molecule has 0 aliphatic heterocycles. The van der Waals surface area contributed by atoms with Gasteiger partial charge < -0.3 is 0 Å². The number of Topliss-reactive ketones (excluding diaryl/α,β-unsaturated/α-hetero) is 1. The van der Waals surface area contributed by atoms with Crippen LogP contribution in [-0.2, 0) is 6.42 Å². The Morgan fingerprint density at radius 1 is 1.32 bits per heavy atom. The molecule has 0 saturated carbocycles. The first-order valence-corrected chi connectivity index (χ1v) is 8.62. The highest BCUT2D eigenvalue weighted by Crippen LogP contribution is 2.27. The molecule has 1 aliphatic rings. The SMILES string of the molecule is C=CC1=C(N=CC(C)Br)C(=O)c2ccc(C)cc2CC1.CC. The zero-order valence-corrected chi connectivity index (χ0v) is 15.4. The summed E-state index contributed by atoms with van der Waals surface area (Å²) in [4.78, 5) is 17.2. The molecule has 0 radical (unpaired) electrons. The van der Waals surface area contributed by atoms with Crippen molar-refractivity contribution in [2.24, 2.45) is 4.99 Å². The number of alkyl halides is 1. The highest BCUT2D eigenvalue weighted by molar-refractivity contribution is 9.09. The number of carbonyl (C=O) groups is 1. The lowest BCUT2D eigenvalue weighted by molar-refractivity contribution is 0.103. The van der Waals surface area contributed by atoms with Crippen molar-refractivity contribution in [2.75, 3.05) is 0 Å². The van der Waals surface area contributed by atoms with E-state index in [2.05, 4.69) is 33.6 Å². The minimum absolute atomic E-state index is 0.00296. The Kier molecular flexibility index (Phi) is 7.46. The first-order valence-electron chi connectivity index (χ1n) is 7.71. The normalized spacial score (nSPS) is 15.8. The van der Waals surface area contributed by atoms with Gasteiger partial charge in [-0.3, -0.25) is 9.79 Å². The molecule has 0 fully saturated rings. The van der Waals surface area contributed by atoms with E-state index in [4.69, 9.17) is 0 Å². The Hall–Kier alpha value is -1.48. The molecule has 1 aromatic rings. The number of aryl methyl sites for hydroxylation is 2. The maximum absolute atomic E-state index is 12.7. The third-order valence-electron chi connectivity index (χ3n) is 3.34. The fourth-order valence-electron chi connectivity index (χ4n) is 2.33. The van der Waals surface area contributed by atoms with Gasteiger partial charge in [-0.2, -0.15) is 0 Å².